The third-order valence-corrected chi connectivity index (χ3v) is 6.13. The number of likely N-dealkylation sites (N-methyl/N-ethyl adjacent to an activating group) is 2. The molecule has 0 saturated carbocycles. The number of carbonyl (C=O) groups excluding carboxylic acids is 2. The van der Waals surface area contributed by atoms with Crippen molar-refractivity contribution in [2.75, 3.05) is 65.5 Å². The van der Waals surface area contributed by atoms with Crippen molar-refractivity contribution in [2.45, 2.75) is 26.0 Å². The van der Waals surface area contributed by atoms with Crippen molar-refractivity contribution in [3.8, 4) is 5.75 Å². The third-order valence-electron chi connectivity index (χ3n) is 5.52. The molecule has 0 aromatic heterocycles. The fraction of sp³-hybridized carbons (Fsp3) is 0.636. The topological polar surface area (TPSA) is 108 Å². The average Bonchev–Trinajstić information content (AvgIpc) is 2.71. The van der Waals surface area contributed by atoms with Gasteiger partial charge in [-0.2, -0.15) is 0 Å². The Labute approximate surface area is 196 Å². The first-order valence-electron chi connectivity index (χ1n) is 10.8. The number of methoxy groups -OCH3 is 1. The predicted octanol–water partition coefficient (Wildman–Crippen LogP) is 0.952. The van der Waals surface area contributed by atoms with Crippen LogP contribution in [-0.4, -0.2) is 108 Å². The van der Waals surface area contributed by atoms with Crippen LogP contribution in [0.4, 0.5) is 5.69 Å². The molecule has 0 aliphatic carbocycles. The second kappa shape index (κ2) is 11.2. The average molecular weight is 485 g/mol. The van der Waals surface area contributed by atoms with E-state index in [-0.39, 0.29) is 54.3 Å². The first-order valence-corrected chi connectivity index (χ1v) is 12.7. The normalized spacial score (nSPS) is 22.8. The lowest BCUT2D eigenvalue weighted by atomic mass is 10.0. The van der Waals surface area contributed by atoms with Crippen LogP contribution in [0.15, 0.2) is 18.2 Å². The van der Waals surface area contributed by atoms with Crippen molar-refractivity contribution in [3.63, 3.8) is 0 Å². The van der Waals surface area contributed by atoms with E-state index in [0.29, 0.717) is 18.8 Å². The SMILES string of the molecule is CO[C@H]1CN(C)C(=O)c2cc(NS(C)(=O)=O)ccc2OC[C@@H](C)N(C(=O)CN(C)C)C[C@@H]1C. The summed E-state index contributed by atoms with van der Waals surface area (Å²) in [7, 11) is 3.42. The minimum Gasteiger partial charge on any atom is -0.491 e. The number of sulfonamides is 1. The molecule has 1 aromatic rings. The lowest BCUT2D eigenvalue weighted by molar-refractivity contribution is -0.136. The van der Waals surface area contributed by atoms with Crippen LogP contribution in [0.1, 0.15) is 24.2 Å². The lowest BCUT2D eigenvalue weighted by Crippen LogP contribution is -2.50. The molecule has 1 aliphatic heterocycles. The molecule has 3 atom stereocenters. The van der Waals surface area contributed by atoms with Gasteiger partial charge < -0.3 is 24.2 Å². The highest BCUT2D eigenvalue weighted by Crippen LogP contribution is 2.27. The van der Waals surface area contributed by atoms with Crippen LogP contribution in [-0.2, 0) is 19.6 Å². The molecule has 33 heavy (non-hydrogen) atoms. The molecular formula is C22H36N4O6S. The molecule has 0 radical (unpaired) electrons. The van der Waals surface area contributed by atoms with Gasteiger partial charge in [0.25, 0.3) is 5.91 Å². The molecular weight excluding hydrogens is 448 g/mol. The number of benzene rings is 1. The van der Waals surface area contributed by atoms with Gasteiger partial charge in [-0.15, -0.1) is 0 Å². The number of amides is 2. The fourth-order valence-electron chi connectivity index (χ4n) is 3.76. The first kappa shape index (κ1) is 26.9. The highest BCUT2D eigenvalue weighted by Gasteiger charge is 2.30. The maximum atomic E-state index is 13.3. The van der Waals surface area contributed by atoms with Crippen LogP contribution >= 0.6 is 0 Å². The summed E-state index contributed by atoms with van der Waals surface area (Å²) in [6.45, 7) is 5.09. The highest BCUT2D eigenvalue weighted by atomic mass is 32.2. The summed E-state index contributed by atoms with van der Waals surface area (Å²) < 4.78 is 37.4. The zero-order chi connectivity index (χ0) is 24.9. The largest absolute Gasteiger partial charge is 0.491 e. The van der Waals surface area contributed by atoms with E-state index in [0.717, 1.165) is 6.26 Å². The van der Waals surface area contributed by atoms with E-state index < -0.39 is 10.0 Å². The Balaban J connectivity index is 2.47. The van der Waals surface area contributed by atoms with Crippen molar-refractivity contribution >= 4 is 27.5 Å². The summed E-state index contributed by atoms with van der Waals surface area (Å²) in [5.41, 5.74) is 0.494. The Kier molecular flexibility index (Phi) is 9.10. The third kappa shape index (κ3) is 7.58. The quantitative estimate of drug-likeness (QED) is 0.663. The molecule has 1 N–H and O–H groups in total. The van der Waals surface area contributed by atoms with Crippen molar-refractivity contribution < 1.29 is 27.5 Å². The summed E-state index contributed by atoms with van der Waals surface area (Å²) in [5, 5.41) is 0. The molecule has 0 saturated heterocycles. The first-order chi connectivity index (χ1) is 15.3. The summed E-state index contributed by atoms with van der Waals surface area (Å²) in [4.78, 5) is 31.4. The number of nitrogens with zero attached hydrogens (tertiary/aromatic N) is 3. The van der Waals surface area contributed by atoms with E-state index >= 15 is 0 Å². The Hall–Kier alpha value is -2.37. The number of nitrogens with one attached hydrogen (secondary N) is 1. The standard InChI is InChI=1S/C22H36N4O6S/c1-15-11-26(21(27)13-24(3)4)16(2)14-32-19-9-8-17(23-33(7,29)30)10-18(19)22(28)25(5)12-20(15)31-6/h8-10,15-16,20,23H,11-14H2,1-7H3/t15-,16+,20-/m0/s1. The Morgan fingerprint density at radius 2 is 1.94 bits per heavy atom. The van der Waals surface area contributed by atoms with E-state index in [1.807, 2.05) is 32.8 Å². The number of ether oxygens (including phenoxy) is 2. The summed E-state index contributed by atoms with van der Waals surface area (Å²) in [6.07, 6.45) is 0.740. The molecule has 1 aromatic carbocycles. The van der Waals surface area contributed by atoms with Crippen LogP contribution in [0.3, 0.4) is 0 Å². The van der Waals surface area contributed by atoms with Crippen LogP contribution in [0.2, 0.25) is 0 Å². The van der Waals surface area contributed by atoms with Crippen molar-refractivity contribution in [1.82, 2.24) is 14.7 Å². The van der Waals surface area contributed by atoms with E-state index in [1.165, 1.54) is 11.0 Å². The molecule has 0 unspecified atom stereocenters. The summed E-state index contributed by atoms with van der Waals surface area (Å²) >= 11 is 0. The van der Waals surface area contributed by atoms with Crippen LogP contribution in [0.25, 0.3) is 0 Å². The zero-order valence-electron chi connectivity index (χ0n) is 20.5. The Bertz CT molecular complexity index is 952. The number of hydrogen-bond donors (Lipinski definition) is 1. The van der Waals surface area contributed by atoms with Crippen molar-refractivity contribution in [2.24, 2.45) is 5.92 Å². The summed E-state index contributed by atoms with van der Waals surface area (Å²) in [5.74, 6) is -0.0614. The molecule has 1 heterocycles. The number of hydrogen-bond acceptors (Lipinski definition) is 7. The molecule has 0 bridgehead atoms. The zero-order valence-corrected chi connectivity index (χ0v) is 21.3. The van der Waals surface area contributed by atoms with Crippen molar-refractivity contribution in [1.29, 1.82) is 0 Å². The van der Waals surface area contributed by atoms with Gasteiger partial charge in [0.05, 0.1) is 30.5 Å². The molecule has 2 rings (SSSR count). The van der Waals surface area contributed by atoms with Gasteiger partial charge in [0, 0.05) is 38.9 Å². The molecule has 11 heteroatoms. The molecule has 1 aliphatic rings. The molecule has 2 amide bonds. The summed E-state index contributed by atoms with van der Waals surface area (Å²) in [6, 6.07) is 4.31. The van der Waals surface area contributed by atoms with E-state index in [4.69, 9.17) is 9.47 Å². The van der Waals surface area contributed by atoms with Crippen LogP contribution in [0.5, 0.6) is 5.75 Å². The number of anilines is 1. The van der Waals surface area contributed by atoms with Crippen LogP contribution in [0, 0.1) is 5.92 Å². The second-order valence-electron chi connectivity index (χ2n) is 8.97. The second-order valence-corrected chi connectivity index (χ2v) is 10.7. The molecule has 0 fully saturated rings. The van der Waals surface area contributed by atoms with Crippen LogP contribution < -0.4 is 9.46 Å². The maximum absolute atomic E-state index is 13.3. The fourth-order valence-corrected chi connectivity index (χ4v) is 4.32. The minimum absolute atomic E-state index is 0.0211. The van der Waals surface area contributed by atoms with Gasteiger partial charge in [-0.05, 0) is 39.2 Å². The van der Waals surface area contributed by atoms with Gasteiger partial charge in [-0.3, -0.25) is 14.3 Å². The maximum Gasteiger partial charge on any atom is 0.257 e. The highest BCUT2D eigenvalue weighted by molar-refractivity contribution is 7.92. The van der Waals surface area contributed by atoms with Crippen molar-refractivity contribution in [3.05, 3.63) is 23.8 Å². The van der Waals surface area contributed by atoms with Gasteiger partial charge in [-0.1, -0.05) is 6.92 Å². The van der Waals surface area contributed by atoms with Gasteiger partial charge in [-0.25, -0.2) is 8.42 Å². The van der Waals surface area contributed by atoms with E-state index in [1.54, 1.807) is 31.2 Å². The Morgan fingerprint density at radius 1 is 1.27 bits per heavy atom. The van der Waals surface area contributed by atoms with Gasteiger partial charge >= 0.3 is 0 Å². The number of rotatable bonds is 5. The molecule has 0 spiro atoms. The monoisotopic (exact) mass is 484 g/mol. The number of fused-ring (bicyclic) bond motifs is 1. The smallest absolute Gasteiger partial charge is 0.257 e. The van der Waals surface area contributed by atoms with Gasteiger partial charge in [0.1, 0.15) is 12.4 Å². The van der Waals surface area contributed by atoms with Gasteiger partial charge in [0.2, 0.25) is 15.9 Å². The predicted molar refractivity (Wildman–Crippen MR) is 127 cm³/mol. The molecule has 186 valence electrons. The lowest BCUT2D eigenvalue weighted by Gasteiger charge is -2.36. The molecule has 10 nitrogen and oxygen atoms in total. The van der Waals surface area contributed by atoms with E-state index in [9.17, 15) is 18.0 Å². The van der Waals surface area contributed by atoms with Gasteiger partial charge in [0.15, 0.2) is 0 Å². The number of carbonyl (C=O) groups is 2. The minimum atomic E-state index is -3.51. The Morgan fingerprint density at radius 3 is 2.52 bits per heavy atom. The van der Waals surface area contributed by atoms with E-state index in [2.05, 4.69) is 4.72 Å².